The Morgan fingerprint density at radius 1 is 1.29 bits per heavy atom. The molecule has 1 fully saturated rings. The van der Waals surface area contributed by atoms with Gasteiger partial charge in [0.15, 0.2) is 0 Å². The minimum atomic E-state index is -3.81. The van der Waals surface area contributed by atoms with E-state index in [1.807, 2.05) is 0 Å². The van der Waals surface area contributed by atoms with Crippen LogP contribution in [-0.4, -0.2) is 25.8 Å². The largest absolute Gasteiger partial charge is 0.399 e. The van der Waals surface area contributed by atoms with E-state index < -0.39 is 15.8 Å². The Morgan fingerprint density at radius 2 is 1.86 bits per heavy atom. The highest BCUT2D eigenvalue weighted by Crippen LogP contribution is 2.30. The lowest BCUT2D eigenvalue weighted by Gasteiger charge is -2.33. The summed E-state index contributed by atoms with van der Waals surface area (Å²) in [6.07, 6.45) is 1.64. The lowest BCUT2D eigenvalue weighted by Crippen LogP contribution is -2.39. The summed E-state index contributed by atoms with van der Waals surface area (Å²) in [6, 6.07) is 2.66. The molecule has 2 rings (SSSR count). The maximum absolute atomic E-state index is 14.2. The number of nitrogen functional groups attached to an aromatic ring is 1. The molecule has 0 unspecified atom stereocenters. The lowest BCUT2D eigenvalue weighted by atomic mass is 9.87. The van der Waals surface area contributed by atoms with E-state index in [0.29, 0.717) is 24.9 Å². The lowest BCUT2D eigenvalue weighted by molar-refractivity contribution is 0.226. The Bertz CT molecular complexity index is 621. The Hall–Kier alpha value is -1.14. The quantitative estimate of drug-likeness (QED) is 0.873. The minimum Gasteiger partial charge on any atom is -0.399 e. The highest BCUT2D eigenvalue weighted by molar-refractivity contribution is 7.89. The van der Waals surface area contributed by atoms with Crippen molar-refractivity contribution < 1.29 is 12.8 Å². The number of halogens is 1. The van der Waals surface area contributed by atoms with Crippen molar-refractivity contribution in [2.75, 3.05) is 18.8 Å². The van der Waals surface area contributed by atoms with E-state index in [4.69, 9.17) is 5.73 Å². The van der Waals surface area contributed by atoms with Crippen LogP contribution in [0.15, 0.2) is 17.0 Å². The van der Waals surface area contributed by atoms with Gasteiger partial charge in [0.25, 0.3) is 0 Å². The summed E-state index contributed by atoms with van der Waals surface area (Å²) in [5, 5.41) is 0. The molecule has 0 aliphatic carbocycles. The van der Waals surface area contributed by atoms with Gasteiger partial charge < -0.3 is 5.73 Å². The third-order valence-electron chi connectivity index (χ3n) is 4.30. The van der Waals surface area contributed by atoms with Gasteiger partial charge in [0, 0.05) is 18.8 Å². The zero-order chi connectivity index (χ0) is 15.8. The molecule has 2 N–H and O–H groups in total. The SMILES string of the molecule is Cc1cc(N)cc(S(=O)(=O)N2CCC(C(C)C)CC2)c1F. The summed E-state index contributed by atoms with van der Waals surface area (Å²) in [6.45, 7) is 6.71. The molecule has 0 spiro atoms. The second-order valence-electron chi connectivity index (χ2n) is 6.14. The van der Waals surface area contributed by atoms with E-state index >= 15 is 0 Å². The van der Waals surface area contributed by atoms with E-state index in [2.05, 4.69) is 13.8 Å². The fourth-order valence-corrected chi connectivity index (χ4v) is 4.52. The summed E-state index contributed by atoms with van der Waals surface area (Å²) in [4.78, 5) is -0.303. The van der Waals surface area contributed by atoms with E-state index in [-0.39, 0.29) is 16.1 Å². The summed E-state index contributed by atoms with van der Waals surface area (Å²) >= 11 is 0. The van der Waals surface area contributed by atoms with Crippen molar-refractivity contribution in [1.29, 1.82) is 0 Å². The molecule has 0 atom stereocenters. The molecule has 118 valence electrons. The van der Waals surface area contributed by atoms with Crippen LogP contribution in [0, 0.1) is 24.6 Å². The Balaban J connectivity index is 2.28. The van der Waals surface area contributed by atoms with E-state index in [1.54, 1.807) is 0 Å². The Labute approximate surface area is 126 Å². The predicted octanol–water partition coefficient (Wildman–Crippen LogP) is 2.77. The number of piperidine rings is 1. The molecule has 1 aromatic rings. The highest BCUT2D eigenvalue weighted by atomic mass is 32.2. The molecule has 21 heavy (non-hydrogen) atoms. The first-order chi connectivity index (χ1) is 9.73. The van der Waals surface area contributed by atoms with Crippen molar-refractivity contribution in [3.63, 3.8) is 0 Å². The summed E-state index contributed by atoms with van der Waals surface area (Å²) in [7, 11) is -3.81. The van der Waals surface area contributed by atoms with Gasteiger partial charge in [0.2, 0.25) is 10.0 Å². The topological polar surface area (TPSA) is 63.4 Å². The van der Waals surface area contributed by atoms with Crippen LogP contribution in [0.1, 0.15) is 32.3 Å². The number of hydrogen-bond acceptors (Lipinski definition) is 3. The number of rotatable bonds is 3. The zero-order valence-electron chi connectivity index (χ0n) is 12.8. The molecule has 4 nitrogen and oxygen atoms in total. The van der Waals surface area contributed by atoms with Gasteiger partial charge in [-0.05, 0) is 49.3 Å². The molecule has 1 saturated heterocycles. The van der Waals surface area contributed by atoms with Crippen molar-refractivity contribution in [2.24, 2.45) is 11.8 Å². The van der Waals surface area contributed by atoms with Crippen LogP contribution in [0.3, 0.4) is 0 Å². The first kappa shape index (κ1) is 16.2. The molecule has 0 bridgehead atoms. The van der Waals surface area contributed by atoms with Gasteiger partial charge in [-0.3, -0.25) is 0 Å². The number of hydrogen-bond donors (Lipinski definition) is 1. The van der Waals surface area contributed by atoms with E-state index in [1.165, 1.54) is 23.4 Å². The smallest absolute Gasteiger partial charge is 0.246 e. The van der Waals surface area contributed by atoms with Crippen molar-refractivity contribution in [1.82, 2.24) is 4.31 Å². The van der Waals surface area contributed by atoms with Crippen molar-refractivity contribution in [2.45, 2.75) is 38.5 Å². The normalized spacial score (nSPS) is 18.3. The van der Waals surface area contributed by atoms with Crippen LogP contribution < -0.4 is 5.73 Å². The maximum atomic E-state index is 14.2. The van der Waals surface area contributed by atoms with Crippen LogP contribution in [0.2, 0.25) is 0 Å². The highest BCUT2D eigenvalue weighted by Gasteiger charge is 2.32. The van der Waals surface area contributed by atoms with Crippen molar-refractivity contribution in [3.8, 4) is 0 Å². The van der Waals surface area contributed by atoms with Gasteiger partial charge in [-0.2, -0.15) is 4.31 Å². The van der Waals surface area contributed by atoms with Crippen LogP contribution in [0.5, 0.6) is 0 Å². The van der Waals surface area contributed by atoms with Gasteiger partial charge in [-0.15, -0.1) is 0 Å². The average Bonchev–Trinajstić information content (AvgIpc) is 2.42. The van der Waals surface area contributed by atoms with Crippen molar-refractivity contribution >= 4 is 15.7 Å². The average molecular weight is 314 g/mol. The minimum absolute atomic E-state index is 0.255. The van der Waals surface area contributed by atoms with Crippen LogP contribution in [0.25, 0.3) is 0 Å². The summed E-state index contributed by atoms with van der Waals surface area (Å²) < 4.78 is 40.8. The number of nitrogens with zero attached hydrogens (tertiary/aromatic N) is 1. The van der Waals surface area contributed by atoms with E-state index in [9.17, 15) is 12.8 Å². The number of benzene rings is 1. The van der Waals surface area contributed by atoms with Crippen LogP contribution in [-0.2, 0) is 10.0 Å². The molecule has 1 heterocycles. The maximum Gasteiger partial charge on any atom is 0.246 e. The zero-order valence-corrected chi connectivity index (χ0v) is 13.6. The van der Waals surface area contributed by atoms with E-state index in [0.717, 1.165) is 12.8 Å². The number of nitrogens with two attached hydrogens (primary N) is 1. The number of anilines is 1. The summed E-state index contributed by atoms with van der Waals surface area (Å²) in [5.41, 5.74) is 6.19. The van der Waals surface area contributed by atoms with Gasteiger partial charge in [0.05, 0.1) is 0 Å². The fraction of sp³-hybridized carbons (Fsp3) is 0.600. The molecule has 6 heteroatoms. The monoisotopic (exact) mass is 314 g/mol. The second kappa shape index (κ2) is 5.93. The van der Waals surface area contributed by atoms with Gasteiger partial charge in [-0.25, -0.2) is 12.8 Å². The fourth-order valence-electron chi connectivity index (χ4n) is 2.87. The first-order valence-corrected chi connectivity index (χ1v) is 8.73. The summed E-state index contributed by atoms with van der Waals surface area (Å²) in [5.74, 6) is 0.375. The van der Waals surface area contributed by atoms with Gasteiger partial charge in [0.1, 0.15) is 10.7 Å². The number of aryl methyl sites for hydroxylation is 1. The first-order valence-electron chi connectivity index (χ1n) is 7.29. The van der Waals surface area contributed by atoms with Crippen LogP contribution in [0.4, 0.5) is 10.1 Å². The predicted molar refractivity (Wildman–Crippen MR) is 81.9 cm³/mol. The Kier molecular flexibility index (Phi) is 4.58. The van der Waals surface area contributed by atoms with Gasteiger partial charge >= 0.3 is 0 Å². The van der Waals surface area contributed by atoms with Crippen molar-refractivity contribution in [3.05, 3.63) is 23.5 Å². The Morgan fingerprint density at radius 3 is 2.38 bits per heavy atom. The molecule has 1 aliphatic heterocycles. The molecular formula is C15H23FN2O2S. The van der Waals surface area contributed by atoms with Crippen LogP contribution >= 0.6 is 0 Å². The molecule has 1 aliphatic rings. The second-order valence-corrected chi connectivity index (χ2v) is 8.04. The number of sulfonamides is 1. The standard InChI is InChI=1S/C15H23FN2O2S/c1-10(2)12-4-6-18(7-5-12)21(19,20)14-9-13(17)8-11(3)15(14)16/h8-10,12H,4-7,17H2,1-3H3. The van der Waals surface area contributed by atoms with Gasteiger partial charge in [-0.1, -0.05) is 13.8 Å². The third-order valence-corrected chi connectivity index (χ3v) is 6.20. The molecule has 0 saturated carbocycles. The molecule has 0 amide bonds. The molecular weight excluding hydrogens is 291 g/mol. The molecule has 0 aromatic heterocycles. The molecule has 0 radical (unpaired) electrons. The third kappa shape index (κ3) is 3.21. The molecule has 1 aromatic carbocycles.